The van der Waals surface area contributed by atoms with E-state index < -0.39 is 0 Å². The van der Waals surface area contributed by atoms with Crippen LogP contribution in [0.25, 0.3) is 0 Å². The van der Waals surface area contributed by atoms with E-state index in [1.54, 1.807) is 0 Å². The standard InChI is InChI=1S/C17H24N2O2/c1-10-4-5-18-9-14(10)19-17(20)16-8-13-6-11(2)12(3)7-15(13)21-16/h6-7,10,14,16,18H,4-5,8-9H2,1-3H3,(H,19,20). The Bertz CT molecular complexity index is 525. The monoisotopic (exact) mass is 288 g/mol. The van der Waals surface area contributed by atoms with Crippen LogP contribution in [0.5, 0.6) is 5.75 Å². The van der Waals surface area contributed by atoms with Gasteiger partial charge in [0.2, 0.25) is 0 Å². The molecule has 0 bridgehead atoms. The molecular formula is C17H24N2O2. The predicted molar refractivity (Wildman–Crippen MR) is 82.6 cm³/mol. The largest absolute Gasteiger partial charge is 0.480 e. The van der Waals surface area contributed by atoms with Gasteiger partial charge in [0.25, 0.3) is 5.91 Å². The van der Waals surface area contributed by atoms with Crippen molar-refractivity contribution >= 4 is 5.91 Å². The first-order valence-electron chi connectivity index (χ1n) is 7.82. The van der Waals surface area contributed by atoms with Crippen molar-refractivity contribution < 1.29 is 9.53 Å². The Labute approximate surface area is 126 Å². The third-order valence-electron chi connectivity index (χ3n) is 4.80. The van der Waals surface area contributed by atoms with Crippen molar-refractivity contribution in [2.75, 3.05) is 13.1 Å². The quantitative estimate of drug-likeness (QED) is 0.871. The van der Waals surface area contributed by atoms with Crippen molar-refractivity contribution in [2.45, 2.75) is 45.8 Å². The zero-order valence-electron chi connectivity index (χ0n) is 13.0. The second-order valence-electron chi connectivity index (χ2n) is 6.44. The van der Waals surface area contributed by atoms with E-state index in [4.69, 9.17) is 4.74 Å². The van der Waals surface area contributed by atoms with Gasteiger partial charge in [-0.15, -0.1) is 0 Å². The smallest absolute Gasteiger partial charge is 0.261 e. The number of amides is 1. The van der Waals surface area contributed by atoms with Gasteiger partial charge in [0.15, 0.2) is 6.10 Å². The molecule has 4 nitrogen and oxygen atoms in total. The zero-order chi connectivity index (χ0) is 15.0. The molecule has 0 spiro atoms. The molecule has 1 aromatic carbocycles. The summed E-state index contributed by atoms with van der Waals surface area (Å²) in [5.41, 5.74) is 3.61. The van der Waals surface area contributed by atoms with Gasteiger partial charge < -0.3 is 15.4 Å². The van der Waals surface area contributed by atoms with Crippen LogP contribution in [-0.2, 0) is 11.2 Å². The van der Waals surface area contributed by atoms with E-state index in [0.29, 0.717) is 12.3 Å². The number of benzene rings is 1. The normalized spacial score (nSPS) is 27.9. The number of aryl methyl sites for hydroxylation is 2. The van der Waals surface area contributed by atoms with Crippen LogP contribution >= 0.6 is 0 Å². The number of ether oxygens (including phenoxy) is 1. The second-order valence-corrected chi connectivity index (χ2v) is 6.44. The van der Waals surface area contributed by atoms with Crippen molar-refractivity contribution in [1.82, 2.24) is 10.6 Å². The van der Waals surface area contributed by atoms with Gasteiger partial charge in [-0.05, 0) is 55.5 Å². The van der Waals surface area contributed by atoms with E-state index in [0.717, 1.165) is 30.8 Å². The summed E-state index contributed by atoms with van der Waals surface area (Å²) in [7, 11) is 0. The Morgan fingerprint density at radius 2 is 2.10 bits per heavy atom. The fraction of sp³-hybridized carbons (Fsp3) is 0.588. The lowest BCUT2D eigenvalue weighted by Gasteiger charge is -2.30. The molecule has 1 fully saturated rings. The molecule has 1 aromatic rings. The lowest BCUT2D eigenvalue weighted by molar-refractivity contribution is -0.128. The maximum atomic E-state index is 12.4. The fourth-order valence-corrected chi connectivity index (χ4v) is 3.12. The summed E-state index contributed by atoms with van der Waals surface area (Å²) in [6.45, 7) is 8.26. The highest BCUT2D eigenvalue weighted by Gasteiger charge is 2.32. The number of nitrogens with one attached hydrogen (secondary N) is 2. The van der Waals surface area contributed by atoms with Crippen LogP contribution in [-0.4, -0.2) is 31.1 Å². The van der Waals surface area contributed by atoms with Gasteiger partial charge in [-0.1, -0.05) is 13.0 Å². The number of carbonyl (C=O) groups excluding carboxylic acids is 1. The molecular weight excluding hydrogens is 264 g/mol. The van der Waals surface area contributed by atoms with Crippen LogP contribution in [0.2, 0.25) is 0 Å². The van der Waals surface area contributed by atoms with Gasteiger partial charge in [0.05, 0.1) is 0 Å². The summed E-state index contributed by atoms with van der Waals surface area (Å²) in [5, 5.41) is 6.49. The summed E-state index contributed by atoms with van der Waals surface area (Å²) in [6.07, 6.45) is 1.40. The van der Waals surface area contributed by atoms with Gasteiger partial charge in [-0.3, -0.25) is 4.79 Å². The molecule has 3 rings (SSSR count). The molecule has 2 aliphatic heterocycles. The van der Waals surface area contributed by atoms with E-state index in [9.17, 15) is 4.79 Å². The first-order valence-corrected chi connectivity index (χ1v) is 7.82. The van der Waals surface area contributed by atoms with Gasteiger partial charge in [-0.2, -0.15) is 0 Å². The molecule has 0 aromatic heterocycles. The van der Waals surface area contributed by atoms with Gasteiger partial charge >= 0.3 is 0 Å². The highest BCUT2D eigenvalue weighted by Crippen LogP contribution is 2.31. The molecule has 1 saturated heterocycles. The van der Waals surface area contributed by atoms with Crippen LogP contribution in [0, 0.1) is 19.8 Å². The third-order valence-corrected chi connectivity index (χ3v) is 4.80. The average Bonchev–Trinajstić information content (AvgIpc) is 2.85. The summed E-state index contributed by atoms with van der Waals surface area (Å²) < 4.78 is 5.85. The maximum absolute atomic E-state index is 12.4. The van der Waals surface area contributed by atoms with Crippen LogP contribution in [0.3, 0.4) is 0 Å². The number of fused-ring (bicyclic) bond motifs is 1. The Morgan fingerprint density at radius 1 is 1.33 bits per heavy atom. The van der Waals surface area contributed by atoms with Crippen molar-refractivity contribution in [2.24, 2.45) is 5.92 Å². The molecule has 2 heterocycles. The van der Waals surface area contributed by atoms with Gasteiger partial charge in [0.1, 0.15) is 5.75 Å². The summed E-state index contributed by atoms with van der Waals surface area (Å²) in [6, 6.07) is 4.40. The topological polar surface area (TPSA) is 50.4 Å². The number of piperidine rings is 1. The number of hydrogen-bond acceptors (Lipinski definition) is 3. The second kappa shape index (κ2) is 5.68. The van der Waals surface area contributed by atoms with E-state index in [2.05, 4.69) is 37.5 Å². The molecule has 0 radical (unpaired) electrons. The number of carbonyl (C=O) groups is 1. The third kappa shape index (κ3) is 2.91. The Kier molecular flexibility index (Phi) is 3.89. The van der Waals surface area contributed by atoms with Crippen LogP contribution in [0.4, 0.5) is 0 Å². The molecule has 21 heavy (non-hydrogen) atoms. The van der Waals surface area contributed by atoms with E-state index in [1.165, 1.54) is 11.1 Å². The number of hydrogen-bond donors (Lipinski definition) is 2. The minimum atomic E-state index is -0.379. The SMILES string of the molecule is Cc1cc2c(cc1C)OC(C(=O)NC1CNCCC1C)C2. The molecule has 3 unspecified atom stereocenters. The summed E-state index contributed by atoms with van der Waals surface area (Å²) >= 11 is 0. The van der Waals surface area contributed by atoms with E-state index >= 15 is 0 Å². The van der Waals surface area contributed by atoms with Crippen molar-refractivity contribution in [3.05, 3.63) is 28.8 Å². The van der Waals surface area contributed by atoms with Crippen molar-refractivity contribution in [3.8, 4) is 5.75 Å². The van der Waals surface area contributed by atoms with Crippen LogP contribution in [0.15, 0.2) is 12.1 Å². The summed E-state index contributed by atoms with van der Waals surface area (Å²) in [5.74, 6) is 1.40. The fourth-order valence-electron chi connectivity index (χ4n) is 3.12. The van der Waals surface area contributed by atoms with E-state index in [-0.39, 0.29) is 18.1 Å². The average molecular weight is 288 g/mol. The predicted octanol–water partition coefficient (Wildman–Crippen LogP) is 1.72. The molecule has 2 aliphatic rings. The highest BCUT2D eigenvalue weighted by molar-refractivity contribution is 5.83. The Balaban J connectivity index is 1.65. The minimum Gasteiger partial charge on any atom is -0.480 e. The van der Waals surface area contributed by atoms with Crippen molar-refractivity contribution in [1.29, 1.82) is 0 Å². The molecule has 0 saturated carbocycles. The van der Waals surface area contributed by atoms with Gasteiger partial charge in [0, 0.05) is 19.0 Å². The van der Waals surface area contributed by atoms with Crippen molar-refractivity contribution in [3.63, 3.8) is 0 Å². The highest BCUT2D eigenvalue weighted by atomic mass is 16.5. The van der Waals surface area contributed by atoms with Crippen LogP contribution in [0.1, 0.15) is 30.0 Å². The molecule has 4 heteroatoms. The molecule has 2 N–H and O–H groups in total. The van der Waals surface area contributed by atoms with Crippen LogP contribution < -0.4 is 15.4 Å². The van der Waals surface area contributed by atoms with E-state index in [1.807, 2.05) is 6.07 Å². The molecule has 1 amide bonds. The maximum Gasteiger partial charge on any atom is 0.261 e. The number of rotatable bonds is 2. The molecule has 0 aliphatic carbocycles. The lowest BCUT2D eigenvalue weighted by Crippen LogP contribution is -2.53. The molecule has 3 atom stereocenters. The first kappa shape index (κ1) is 14.4. The minimum absolute atomic E-state index is 0.0158. The Hall–Kier alpha value is -1.55. The zero-order valence-corrected chi connectivity index (χ0v) is 13.0. The summed E-state index contributed by atoms with van der Waals surface area (Å²) in [4.78, 5) is 12.4. The molecule has 114 valence electrons. The Morgan fingerprint density at radius 3 is 2.86 bits per heavy atom. The first-order chi connectivity index (χ1) is 10.0. The lowest BCUT2D eigenvalue weighted by atomic mass is 9.94. The van der Waals surface area contributed by atoms with Gasteiger partial charge in [-0.25, -0.2) is 0 Å².